The summed E-state index contributed by atoms with van der Waals surface area (Å²) in [6.07, 6.45) is 6.86. The van der Waals surface area contributed by atoms with Crippen LogP contribution in [-0.2, 0) is 19.5 Å². The van der Waals surface area contributed by atoms with E-state index in [1.165, 1.54) is 12.7 Å². The standard InChI is InChI=1S/C11H18N6O/c1-2-10(18)6-17-11(13-8-15-17)4-3-5-16-9-12-7-14-16/h7-10,18H,2-6H2,1H3/t10-/m0/s1. The van der Waals surface area contributed by atoms with Crippen molar-refractivity contribution in [3.05, 3.63) is 24.8 Å². The predicted octanol–water partition coefficient (Wildman–Crippen LogP) is 0.273. The Morgan fingerprint density at radius 2 is 2.22 bits per heavy atom. The van der Waals surface area contributed by atoms with E-state index in [1.54, 1.807) is 15.7 Å². The minimum absolute atomic E-state index is 0.360. The van der Waals surface area contributed by atoms with Crippen molar-refractivity contribution >= 4 is 0 Å². The van der Waals surface area contributed by atoms with Crippen LogP contribution in [0.2, 0.25) is 0 Å². The topological polar surface area (TPSA) is 81.6 Å². The smallest absolute Gasteiger partial charge is 0.138 e. The first-order chi connectivity index (χ1) is 8.79. The van der Waals surface area contributed by atoms with E-state index in [4.69, 9.17) is 0 Å². The van der Waals surface area contributed by atoms with E-state index in [1.807, 2.05) is 6.92 Å². The van der Waals surface area contributed by atoms with Gasteiger partial charge in [0.05, 0.1) is 12.6 Å². The van der Waals surface area contributed by atoms with Crippen molar-refractivity contribution in [3.8, 4) is 0 Å². The van der Waals surface area contributed by atoms with Gasteiger partial charge >= 0.3 is 0 Å². The molecule has 1 N–H and O–H groups in total. The van der Waals surface area contributed by atoms with Crippen molar-refractivity contribution in [3.63, 3.8) is 0 Å². The van der Waals surface area contributed by atoms with Crippen molar-refractivity contribution < 1.29 is 5.11 Å². The van der Waals surface area contributed by atoms with Gasteiger partial charge in [-0.2, -0.15) is 10.2 Å². The van der Waals surface area contributed by atoms with E-state index < -0.39 is 0 Å². The van der Waals surface area contributed by atoms with Crippen LogP contribution in [0.1, 0.15) is 25.6 Å². The Labute approximate surface area is 105 Å². The van der Waals surface area contributed by atoms with Gasteiger partial charge in [0.2, 0.25) is 0 Å². The fourth-order valence-electron chi connectivity index (χ4n) is 1.71. The van der Waals surface area contributed by atoms with Crippen molar-refractivity contribution in [2.24, 2.45) is 0 Å². The SMILES string of the molecule is CC[C@H](O)Cn1ncnc1CCCn1cncn1. The number of aryl methyl sites for hydroxylation is 2. The number of rotatable bonds is 7. The molecule has 0 fully saturated rings. The Balaban J connectivity index is 1.83. The third kappa shape index (κ3) is 3.36. The van der Waals surface area contributed by atoms with Crippen LogP contribution in [0.15, 0.2) is 19.0 Å². The first-order valence-electron chi connectivity index (χ1n) is 6.16. The molecule has 0 saturated heterocycles. The van der Waals surface area contributed by atoms with Gasteiger partial charge in [-0.05, 0) is 12.8 Å². The van der Waals surface area contributed by atoms with Crippen molar-refractivity contribution in [1.29, 1.82) is 0 Å². The zero-order valence-corrected chi connectivity index (χ0v) is 10.5. The molecule has 0 radical (unpaired) electrons. The van der Waals surface area contributed by atoms with Crippen molar-refractivity contribution in [2.75, 3.05) is 0 Å². The van der Waals surface area contributed by atoms with E-state index in [0.717, 1.165) is 31.6 Å². The zero-order chi connectivity index (χ0) is 12.8. The summed E-state index contributed by atoms with van der Waals surface area (Å²) in [5, 5.41) is 17.8. The lowest BCUT2D eigenvalue weighted by molar-refractivity contribution is 0.143. The lowest BCUT2D eigenvalue weighted by Crippen LogP contribution is -2.18. The van der Waals surface area contributed by atoms with Gasteiger partial charge in [0.15, 0.2) is 0 Å². The van der Waals surface area contributed by atoms with Gasteiger partial charge in [-0.1, -0.05) is 6.92 Å². The summed E-state index contributed by atoms with van der Waals surface area (Å²) in [4.78, 5) is 8.11. The van der Waals surface area contributed by atoms with Crippen LogP contribution >= 0.6 is 0 Å². The number of nitrogens with zero attached hydrogens (tertiary/aromatic N) is 6. The number of hydrogen-bond acceptors (Lipinski definition) is 5. The fourth-order valence-corrected chi connectivity index (χ4v) is 1.71. The molecule has 0 aliphatic rings. The molecule has 18 heavy (non-hydrogen) atoms. The molecule has 7 nitrogen and oxygen atoms in total. The predicted molar refractivity (Wildman–Crippen MR) is 64.7 cm³/mol. The van der Waals surface area contributed by atoms with Crippen LogP contribution in [0.5, 0.6) is 0 Å². The molecular weight excluding hydrogens is 232 g/mol. The van der Waals surface area contributed by atoms with Crippen LogP contribution in [0.3, 0.4) is 0 Å². The molecule has 98 valence electrons. The molecular formula is C11H18N6O. The molecule has 0 bridgehead atoms. The Bertz CT molecular complexity index is 452. The molecule has 2 rings (SSSR count). The van der Waals surface area contributed by atoms with Gasteiger partial charge in [-0.3, -0.25) is 4.68 Å². The second kappa shape index (κ2) is 6.25. The fraction of sp³-hybridized carbons (Fsp3) is 0.636. The second-order valence-electron chi connectivity index (χ2n) is 4.18. The Hall–Kier alpha value is -1.76. The van der Waals surface area contributed by atoms with Gasteiger partial charge < -0.3 is 5.11 Å². The minimum Gasteiger partial charge on any atom is -0.391 e. The van der Waals surface area contributed by atoms with E-state index in [0.29, 0.717) is 6.54 Å². The summed E-state index contributed by atoms with van der Waals surface area (Å²) in [6.45, 7) is 3.27. The Morgan fingerprint density at radius 3 is 2.94 bits per heavy atom. The highest BCUT2D eigenvalue weighted by atomic mass is 16.3. The molecule has 0 saturated carbocycles. The van der Waals surface area contributed by atoms with Gasteiger partial charge in [0, 0.05) is 13.0 Å². The molecule has 0 unspecified atom stereocenters. The van der Waals surface area contributed by atoms with E-state index >= 15 is 0 Å². The number of aliphatic hydroxyl groups excluding tert-OH is 1. The lowest BCUT2D eigenvalue weighted by Gasteiger charge is -2.10. The van der Waals surface area contributed by atoms with Crippen LogP contribution in [-0.4, -0.2) is 40.7 Å². The van der Waals surface area contributed by atoms with Crippen LogP contribution in [0.4, 0.5) is 0 Å². The largest absolute Gasteiger partial charge is 0.391 e. The van der Waals surface area contributed by atoms with Gasteiger partial charge in [-0.15, -0.1) is 0 Å². The molecule has 2 aromatic rings. The summed E-state index contributed by atoms with van der Waals surface area (Å²) < 4.78 is 3.57. The summed E-state index contributed by atoms with van der Waals surface area (Å²) in [6, 6.07) is 0. The molecule has 0 aliphatic carbocycles. The minimum atomic E-state index is -0.360. The maximum Gasteiger partial charge on any atom is 0.138 e. The van der Waals surface area contributed by atoms with Crippen molar-refractivity contribution in [1.82, 2.24) is 29.5 Å². The zero-order valence-electron chi connectivity index (χ0n) is 10.5. The monoisotopic (exact) mass is 250 g/mol. The molecule has 1 atom stereocenters. The summed E-state index contributed by atoms with van der Waals surface area (Å²) in [5.41, 5.74) is 0. The number of aliphatic hydroxyl groups is 1. The Morgan fingerprint density at radius 1 is 1.33 bits per heavy atom. The van der Waals surface area contributed by atoms with E-state index in [2.05, 4.69) is 20.2 Å². The van der Waals surface area contributed by atoms with Gasteiger partial charge in [-0.25, -0.2) is 14.6 Å². The highest BCUT2D eigenvalue weighted by Crippen LogP contribution is 2.03. The van der Waals surface area contributed by atoms with Crippen LogP contribution in [0, 0.1) is 0 Å². The third-order valence-corrected chi connectivity index (χ3v) is 2.80. The summed E-state index contributed by atoms with van der Waals surface area (Å²) >= 11 is 0. The lowest BCUT2D eigenvalue weighted by atomic mass is 10.2. The summed E-state index contributed by atoms with van der Waals surface area (Å²) in [5.74, 6) is 0.905. The van der Waals surface area contributed by atoms with Crippen LogP contribution in [0.25, 0.3) is 0 Å². The van der Waals surface area contributed by atoms with Gasteiger partial charge in [0.25, 0.3) is 0 Å². The van der Waals surface area contributed by atoms with E-state index in [9.17, 15) is 5.11 Å². The summed E-state index contributed by atoms with van der Waals surface area (Å²) in [7, 11) is 0. The third-order valence-electron chi connectivity index (χ3n) is 2.80. The molecule has 2 aromatic heterocycles. The quantitative estimate of drug-likeness (QED) is 0.763. The first-order valence-corrected chi connectivity index (χ1v) is 6.16. The molecule has 7 heteroatoms. The second-order valence-corrected chi connectivity index (χ2v) is 4.18. The van der Waals surface area contributed by atoms with Crippen LogP contribution < -0.4 is 0 Å². The number of hydrogen-bond donors (Lipinski definition) is 1. The van der Waals surface area contributed by atoms with Crippen molar-refractivity contribution in [2.45, 2.75) is 45.4 Å². The molecule has 0 aliphatic heterocycles. The van der Waals surface area contributed by atoms with E-state index in [-0.39, 0.29) is 6.10 Å². The highest BCUT2D eigenvalue weighted by Gasteiger charge is 2.08. The number of aromatic nitrogens is 6. The maximum absolute atomic E-state index is 9.62. The maximum atomic E-state index is 9.62. The average Bonchev–Trinajstić information content (AvgIpc) is 3.01. The molecule has 2 heterocycles. The normalized spacial score (nSPS) is 12.8. The molecule has 0 amide bonds. The average molecular weight is 250 g/mol. The Kier molecular flexibility index (Phi) is 4.40. The highest BCUT2D eigenvalue weighted by molar-refractivity contribution is 4.85. The molecule has 0 spiro atoms. The first kappa shape index (κ1) is 12.7. The van der Waals surface area contributed by atoms with Gasteiger partial charge in [0.1, 0.15) is 24.8 Å². The molecule has 0 aromatic carbocycles.